The highest BCUT2D eigenvalue weighted by Crippen LogP contribution is 2.14. The number of hydrogen-bond acceptors (Lipinski definition) is 5. The Bertz CT molecular complexity index is 362. The molecule has 0 aliphatic carbocycles. The van der Waals surface area contributed by atoms with Gasteiger partial charge in [0.05, 0.1) is 12.7 Å². The third-order valence-electron chi connectivity index (χ3n) is 4.53. The van der Waals surface area contributed by atoms with Gasteiger partial charge in [0.25, 0.3) is 0 Å². The number of rotatable bonds is 11. The molecule has 1 unspecified atom stereocenters. The minimum Gasteiger partial charge on any atom is -0.381 e. The molecule has 1 atom stereocenters. The fourth-order valence-corrected chi connectivity index (χ4v) is 2.94. The van der Waals surface area contributed by atoms with Crippen molar-refractivity contribution in [2.75, 3.05) is 66.4 Å². The molecule has 0 aromatic heterocycles. The average molecular weight is 485 g/mol. The largest absolute Gasteiger partial charge is 0.381 e. The van der Waals surface area contributed by atoms with Gasteiger partial charge in [0.2, 0.25) is 0 Å². The summed E-state index contributed by atoms with van der Waals surface area (Å²) in [5.74, 6) is 1.52. The number of hydrogen-bond donors (Lipinski definition) is 2. The van der Waals surface area contributed by atoms with Crippen molar-refractivity contribution in [2.45, 2.75) is 38.2 Å². The molecule has 154 valence electrons. The molecule has 0 aromatic rings. The second-order valence-corrected chi connectivity index (χ2v) is 6.62. The van der Waals surface area contributed by atoms with Gasteiger partial charge in [0.15, 0.2) is 5.96 Å². The summed E-state index contributed by atoms with van der Waals surface area (Å²) in [5.41, 5.74) is 0. The van der Waals surface area contributed by atoms with Crippen LogP contribution < -0.4 is 10.6 Å². The first kappa shape index (κ1) is 23.9. The molecule has 0 aromatic carbocycles. The Morgan fingerprint density at radius 2 is 1.69 bits per heavy atom. The molecule has 0 saturated carbocycles. The van der Waals surface area contributed by atoms with E-state index >= 15 is 0 Å². The zero-order valence-corrected chi connectivity index (χ0v) is 18.4. The topological polar surface area (TPSA) is 73.3 Å². The van der Waals surface area contributed by atoms with Gasteiger partial charge in [0.1, 0.15) is 0 Å². The van der Waals surface area contributed by atoms with E-state index in [1.54, 1.807) is 7.05 Å². The van der Waals surface area contributed by atoms with Crippen molar-refractivity contribution in [3.05, 3.63) is 0 Å². The lowest BCUT2D eigenvalue weighted by molar-refractivity contribution is 0.0203. The van der Waals surface area contributed by atoms with Crippen LogP contribution >= 0.6 is 24.0 Å². The van der Waals surface area contributed by atoms with Crippen molar-refractivity contribution < 1.29 is 18.9 Å². The van der Waals surface area contributed by atoms with E-state index in [0.717, 1.165) is 97.4 Å². The molecule has 0 amide bonds. The summed E-state index contributed by atoms with van der Waals surface area (Å²) < 4.78 is 22.2. The van der Waals surface area contributed by atoms with Crippen LogP contribution in [-0.2, 0) is 18.9 Å². The van der Waals surface area contributed by atoms with Crippen molar-refractivity contribution in [3.63, 3.8) is 0 Å². The molecule has 2 N–H and O–H groups in total. The van der Waals surface area contributed by atoms with Crippen LogP contribution in [0.2, 0.25) is 0 Å². The summed E-state index contributed by atoms with van der Waals surface area (Å²) in [5, 5.41) is 6.63. The summed E-state index contributed by atoms with van der Waals surface area (Å²) >= 11 is 0. The van der Waals surface area contributed by atoms with Crippen molar-refractivity contribution in [3.8, 4) is 0 Å². The van der Waals surface area contributed by atoms with E-state index in [1.807, 2.05) is 0 Å². The summed E-state index contributed by atoms with van der Waals surface area (Å²) in [6, 6.07) is 0. The molecule has 2 aliphatic rings. The molecular formula is C18H36IN3O4. The maximum Gasteiger partial charge on any atom is 0.190 e. The van der Waals surface area contributed by atoms with Gasteiger partial charge in [0, 0.05) is 59.8 Å². The monoisotopic (exact) mass is 485 g/mol. The van der Waals surface area contributed by atoms with Crippen LogP contribution in [0.15, 0.2) is 4.99 Å². The molecule has 0 spiro atoms. The van der Waals surface area contributed by atoms with Crippen LogP contribution in [-0.4, -0.2) is 78.4 Å². The van der Waals surface area contributed by atoms with Crippen molar-refractivity contribution in [1.82, 2.24) is 10.6 Å². The first-order valence-electron chi connectivity index (χ1n) is 9.68. The lowest BCUT2D eigenvalue weighted by Gasteiger charge is -2.21. The van der Waals surface area contributed by atoms with E-state index in [2.05, 4.69) is 15.6 Å². The van der Waals surface area contributed by atoms with E-state index < -0.39 is 0 Å². The fourth-order valence-electron chi connectivity index (χ4n) is 2.94. The summed E-state index contributed by atoms with van der Waals surface area (Å²) in [7, 11) is 1.79. The number of guanidine groups is 1. The van der Waals surface area contributed by atoms with Gasteiger partial charge in [-0.05, 0) is 38.0 Å². The molecule has 8 heteroatoms. The van der Waals surface area contributed by atoms with Crippen LogP contribution in [0.4, 0.5) is 0 Å². The van der Waals surface area contributed by atoms with Crippen molar-refractivity contribution in [2.24, 2.45) is 10.9 Å². The first-order valence-corrected chi connectivity index (χ1v) is 9.68. The standard InChI is InChI=1S/C18H35N3O4.HI/c1-19-18(21-8-3-10-25-17-6-13-24-15-17)20-7-2-9-23-14-16-4-11-22-12-5-16;/h16-17H,2-15H2,1H3,(H2,19,20,21);1H. The van der Waals surface area contributed by atoms with Gasteiger partial charge < -0.3 is 29.6 Å². The number of halogens is 1. The fraction of sp³-hybridized carbons (Fsp3) is 0.944. The molecule has 2 saturated heterocycles. The van der Waals surface area contributed by atoms with E-state index in [9.17, 15) is 0 Å². The second-order valence-electron chi connectivity index (χ2n) is 6.62. The molecule has 2 aliphatic heterocycles. The Morgan fingerprint density at radius 1 is 1.00 bits per heavy atom. The molecule has 2 heterocycles. The smallest absolute Gasteiger partial charge is 0.190 e. The molecule has 2 fully saturated rings. The molecule has 26 heavy (non-hydrogen) atoms. The predicted octanol–water partition coefficient (Wildman–Crippen LogP) is 1.80. The molecular weight excluding hydrogens is 449 g/mol. The Kier molecular flexibility index (Phi) is 14.6. The highest BCUT2D eigenvalue weighted by molar-refractivity contribution is 14.0. The van der Waals surface area contributed by atoms with Gasteiger partial charge >= 0.3 is 0 Å². The Morgan fingerprint density at radius 3 is 2.35 bits per heavy atom. The maximum absolute atomic E-state index is 5.77. The Hall–Kier alpha value is -0.160. The highest BCUT2D eigenvalue weighted by Gasteiger charge is 2.15. The van der Waals surface area contributed by atoms with Crippen LogP contribution in [0.1, 0.15) is 32.1 Å². The van der Waals surface area contributed by atoms with Crippen LogP contribution in [0.5, 0.6) is 0 Å². The lowest BCUT2D eigenvalue weighted by Crippen LogP contribution is -2.38. The zero-order valence-electron chi connectivity index (χ0n) is 16.0. The van der Waals surface area contributed by atoms with Gasteiger partial charge in [-0.25, -0.2) is 0 Å². The third kappa shape index (κ3) is 10.9. The highest BCUT2D eigenvalue weighted by atomic mass is 127. The van der Waals surface area contributed by atoms with E-state index in [-0.39, 0.29) is 24.0 Å². The number of ether oxygens (including phenoxy) is 4. The minimum absolute atomic E-state index is 0. The first-order chi connectivity index (χ1) is 12.4. The number of nitrogens with one attached hydrogen (secondary N) is 2. The quantitative estimate of drug-likeness (QED) is 0.201. The van der Waals surface area contributed by atoms with Crippen molar-refractivity contribution >= 4 is 29.9 Å². The number of nitrogens with zero attached hydrogens (tertiary/aromatic N) is 1. The normalized spacial score (nSPS) is 21.4. The summed E-state index contributed by atoms with van der Waals surface area (Å²) in [6.45, 7) is 7.48. The Balaban J connectivity index is 0.00000338. The van der Waals surface area contributed by atoms with Crippen LogP contribution in [0, 0.1) is 5.92 Å². The van der Waals surface area contributed by atoms with Gasteiger partial charge in [-0.2, -0.15) is 0 Å². The van der Waals surface area contributed by atoms with E-state index in [4.69, 9.17) is 18.9 Å². The van der Waals surface area contributed by atoms with Gasteiger partial charge in [-0.1, -0.05) is 0 Å². The average Bonchev–Trinajstić information content (AvgIpc) is 3.17. The van der Waals surface area contributed by atoms with Crippen LogP contribution in [0.3, 0.4) is 0 Å². The van der Waals surface area contributed by atoms with Crippen molar-refractivity contribution in [1.29, 1.82) is 0 Å². The SMILES string of the molecule is CN=C(NCCCOCC1CCOCC1)NCCCOC1CCOC1.I. The van der Waals surface area contributed by atoms with E-state index in [0.29, 0.717) is 12.0 Å². The van der Waals surface area contributed by atoms with E-state index in [1.165, 1.54) is 0 Å². The molecule has 0 radical (unpaired) electrons. The summed E-state index contributed by atoms with van der Waals surface area (Å²) in [6.07, 6.45) is 5.52. The Labute approximate surface area is 175 Å². The predicted molar refractivity (Wildman–Crippen MR) is 114 cm³/mol. The zero-order chi connectivity index (χ0) is 17.6. The lowest BCUT2D eigenvalue weighted by atomic mass is 10.0. The van der Waals surface area contributed by atoms with Gasteiger partial charge in [-0.3, -0.25) is 4.99 Å². The number of aliphatic imine (C=N–C) groups is 1. The molecule has 2 rings (SSSR count). The van der Waals surface area contributed by atoms with Gasteiger partial charge in [-0.15, -0.1) is 24.0 Å². The van der Waals surface area contributed by atoms with Crippen LogP contribution in [0.25, 0.3) is 0 Å². The summed E-state index contributed by atoms with van der Waals surface area (Å²) in [4.78, 5) is 4.23. The third-order valence-corrected chi connectivity index (χ3v) is 4.53. The molecule has 0 bridgehead atoms. The molecule has 7 nitrogen and oxygen atoms in total. The maximum atomic E-state index is 5.77. The second kappa shape index (κ2) is 15.9. The minimum atomic E-state index is 0.